The second-order valence-electron chi connectivity index (χ2n) is 7.24. The van der Waals surface area contributed by atoms with Gasteiger partial charge in [-0.3, -0.25) is 13.8 Å². The van der Waals surface area contributed by atoms with E-state index in [1.54, 1.807) is 20.8 Å². The Morgan fingerprint density at radius 1 is 1.32 bits per heavy atom. The number of imide groups is 1. The van der Waals surface area contributed by atoms with E-state index in [0.29, 0.717) is 0 Å². The highest BCUT2D eigenvalue weighted by atomic mass is 79.9. The minimum atomic E-state index is -3.90. The molecule has 3 amide bonds. The van der Waals surface area contributed by atoms with Crippen molar-refractivity contribution in [1.29, 1.82) is 0 Å². The molecule has 5 atom stereocenters. The Labute approximate surface area is 154 Å². The van der Waals surface area contributed by atoms with E-state index in [1.165, 1.54) is 0 Å². The van der Waals surface area contributed by atoms with Crippen molar-refractivity contribution in [3.8, 4) is 0 Å². The number of amides is 3. The SMILES string of the molecule is CC(C)(C)OC(=O)N1C(=O)C2C[C@@H](C(N)=O)[C@H]1[C@@H](OS(C)(=O)=O)C2Br. The molecule has 3 fully saturated rings. The van der Waals surface area contributed by atoms with E-state index in [1.807, 2.05) is 0 Å². The van der Waals surface area contributed by atoms with Crippen molar-refractivity contribution in [2.75, 3.05) is 6.26 Å². The van der Waals surface area contributed by atoms with Crippen molar-refractivity contribution in [1.82, 2.24) is 4.90 Å². The zero-order chi connectivity index (χ0) is 19.3. The van der Waals surface area contributed by atoms with Crippen LogP contribution < -0.4 is 5.73 Å². The monoisotopic (exact) mass is 440 g/mol. The van der Waals surface area contributed by atoms with Gasteiger partial charge in [0, 0.05) is 0 Å². The van der Waals surface area contributed by atoms with Crippen LogP contribution in [0.5, 0.6) is 0 Å². The summed E-state index contributed by atoms with van der Waals surface area (Å²) in [7, 11) is -3.90. The predicted molar refractivity (Wildman–Crippen MR) is 90.1 cm³/mol. The molecule has 2 heterocycles. The number of hydrogen-bond acceptors (Lipinski definition) is 7. The molecule has 25 heavy (non-hydrogen) atoms. The van der Waals surface area contributed by atoms with Crippen LogP contribution in [-0.2, 0) is 28.6 Å². The fourth-order valence-corrected chi connectivity index (χ4v) is 4.84. The number of piperidine rings is 2. The first kappa shape index (κ1) is 20.1. The van der Waals surface area contributed by atoms with Gasteiger partial charge < -0.3 is 10.5 Å². The van der Waals surface area contributed by atoms with E-state index in [-0.39, 0.29) is 6.42 Å². The lowest BCUT2D eigenvalue weighted by Crippen LogP contribution is -2.71. The highest BCUT2D eigenvalue weighted by Crippen LogP contribution is 2.45. The maximum Gasteiger partial charge on any atom is 0.417 e. The molecule has 3 aliphatic rings. The number of nitrogens with two attached hydrogens (primary N) is 1. The zero-order valence-electron chi connectivity index (χ0n) is 14.3. The van der Waals surface area contributed by atoms with Gasteiger partial charge in [0.25, 0.3) is 10.1 Å². The number of hydrogen-bond donors (Lipinski definition) is 1. The topological polar surface area (TPSA) is 133 Å². The van der Waals surface area contributed by atoms with Crippen LogP contribution in [0, 0.1) is 11.8 Å². The van der Waals surface area contributed by atoms with Crippen molar-refractivity contribution >= 4 is 44.0 Å². The van der Waals surface area contributed by atoms with Crippen LogP contribution in [0.2, 0.25) is 0 Å². The molecule has 2 saturated heterocycles. The van der Waals surface area contributed by atoms with Gasteiger partial charge in [0.2, 0.25) is 11.8 Å². The summed E-state index contributed by atoms with van der Waals surface area (Å²) in [6, 6.07) is -1.16. The third-order valence-corrected chi connectivity index (χ3v) is 5.78. The van der Waals surface area contributed by atoms with Crippen LogP contribution in [0.15, 0.2) is 0 Å². The van der Waals surface area contributed by atoms with Crippen LogP contribution in [-0.4, -0.2) is 60.1 Å². The lowest BCUT2D eigenvalue weighted by atomic mass is 9.70. The largest absolute Gasteiger partial charge is 0.443 e. The molecular formula is C14H21BrN2O7S. The molecule has 3 rings (SSSR count). The lowest BCUT2D eigenvalue weighted by molar-refractivity contribution is -0.159. The maximum atomic E-state index is 12.6. The first-order valence-corrected chi connectivity index (χ1v) is 10.3. The number of halogens is 1. The standard InChI is InChI=1S/C14H21BrN2O7S/c1-14(2,3)23-13(20)17-9-7(11(16)18)5-6(12(17)19)8(15)10(9)24-25(4,21)22/h6-10H,5H2,1-4H3,(H2,16,18)/t6?,7-,8?,9+,10+/m1/s1. The number of ether oxygens (including phenoxy) is 1. The molecule has 0 aromatic heterocycles. The highest BCUT2D eigenvalue weighted by molar-refractivity contribution is 9.09. The van der Waals surface area contributed by atoms with Gasteiger partial charge in [0.1, 0.15) is 11.7 Å². The van der Waals surface area contributed by atoms with Crippen LogP contribution in [0.25, 0.3) is 0 Å². The summed E-state index contributed by atoms with van der Waals surface area (Å²) in [6.45, 7) is 4.88. The van der Waals surface area contributed by atoms with Crippen LogP contribution >= 0.6 is 15.9 Å². The normalized spacial score (nSPS) is 32.6. The quantitative estimate of drug-likeness (QED) is 0.494. The van der Waals surface area contributed by atoms with E-state index in [2.05, 4.69) is 15.9 Å². The number of primary amides is 1. The van der Waals surface area contributed by atoms with Gasteiger partial charge in [-0.15, -0.1) is 0 Å². The van der Waals surface area contributed by atoms with E-state index >= 15 is 0 Å². The predicted octanol–water partition coefficient (Wildman–Crippen LogP) is 0.362. The third kappa shape index (κ3) is 4.14. The van der Waals surface area contributed by atoms with Gasteiger partial charge >= 0.3 is 6.09 Å². The maximum absolute atomic E-state index is 12.6. The van der Waals surface area contributed by atoms with Gasteiger partial charge in [-0.25, -0.2) is 9.69 Å². The third-order valence-electron chi connectivity index (χ3n) is 4.05. The Hall–Kier alpha value is -1.20. The average molecular weight is 441 g/mol. The Morgan fingerprint density at radius 2 is 1.88 bits per heavy atom. The molecule has 2 unspecified atom stereocenters. The van der Waals surface area contributed by atoms with Gasteiger partial charge in [0.15, 0.2) is 0 Å². The molecule has 0 radical (unpaired) electrons. The lowest BCUT2D eigenvalue weighted by Gasteiger charge is -2.52. The van der Waals surface area contributed by atoms with E-state index < -0.39 is 62.4 Å². The molecule has 2 N–H and O–H groups in total. The molecule has 9 nitrogen and oxygen atoms in total. The number of nitrogens with zero attached hydrogens (tertiary/aromatic N) is 1. The van der Waals surface area contributed by atoms with Crippen molar-refractivity contribution in [2.45, 2.75) is 49.8 Å². The van der Waals surface area contributed by atoms with E-state index in [4.69, 9.17) is 14.7 Å². The second-order valence-corrected chi connectivity index (χ2v) is 9.90. The molecule has 2 bridgehead atoms. The van der Waals surface area contributed by atoms with Crippen molar-refractivity contribution in [2.24, 2.45) is 17.6 Å². The Bertz CT molecular complexity index is 702. The van der Waals surface area contributed by atoms with Gasteiger partial charge in [-0.2, -0.15) is 8.42 Å². The van der Waals surface area contributed by atoms with Crippen LogP contribution in [0.1, 0.15) is 27.2 Å². The second kappa shape index (κ2) is 6.51. The summed E-state index contributed by atoms with van der Waals surface area (Å²) in [4.78, 5) is 37.1. The minimum absolute atomic E-state index is 0.109. The molecule has 142 valence electrons. The van der Waals surface area contributed by atoms with Crippen molar-refractivity contribution < 1.29 is 31.7 Å². The summed E-state index contributed by atoms with van der Waals surface area (Å²) in [5.74, 6) is -3.04. The zero-order valence-corrected chi connectivity index (χ0v) is 16.7. The summed E-state index contributed by atoms with van der Waals surface area (Å²) < 4.78 is 33.5. The molecule has 0 spiro atoms. The van der Waals surface area contributed by atoms with E-state index in [9.17, 15) is 22.8 Å². The first-order valence-electron chi connectivity index (χ1n) is 7.60. The number of carbonyl (C=O) groups is 3. The Balaban J connectivity index is 2.46. The summed E-state index contributed by atoms with van der Waals surface area (Å²) in [5.41, 5.74) is 4.53. The summed E-state index contributed by atoms with van der Waals surface area (Å²) >= 11 is 3.28. The average Bonchev–Trinajstić information content (AvgIpc) is 2.38. The summed E-state index contributed by atoms with van der Waals surface area (Å²) in [6.07, 6.45) is -1.12. The molecule has 1 aliphatic carbocycles. The molecule has 0 aromatic carbocycles. The number of rotatable bonds is 3. The van der Waals surface area contributed by atoms with E-state index in [0.717, 1.165) is 11.2 Å². The summed E-state index contributed by atoms with van der Waals surface area (Å²) in [5, 5.41) is 0. The van der Waals surface area contributed by atoms with Gasteiger partial charge in [-0.05, 0) is 27.2 Å². The number of fused-ring (bicyclic) bond motifs is 3. The van der Waals surface area contributed by atoms with Gasteiger partial charge in [-0.1, -0.05) is 15.9 Å². The molecule has 11 heteroatoms. The highest BCUT2D eigenvalue weighted by Gasteiger charge is 2.61. The van der Waals surface area contributed by atoms with Crippen LogP contribution in [0.3, 0.4) is 0 Å². The van der Waals surface area contributed by atoms with Crippen LogP contribution in [0.4, 0.5) is 4.79 Å². The molecule has 2 aliphatic heterocycles. The van der Waals surface area contributed by atoms with Crippen molar-refractivity contribution in [3.05, 3.63) is 0 Å². The number of alkyl halides is 1. The molecule has 1 saturated carbocycles. The Kier molecular flexibility index (Phi) is 5.24. The fraction of sp³-hybridized carbons (Fsp3) is 0.786. The smallest absolute Gasteiger partial charge is 0.417 e. The first-order chi connectivity index (χ1) is 11.2. The molecular weight excluding hydrogens is 420 g/mol. The van der Waals surface area contributed by atoms with Crippen molar-refractivity contribution in [3.63, 3.8) is 0 Å². The van der Waals surface area contributed by atoms with Gasteiger partial charge in [0.05, 0.1) is 29.0 Å². The number of carbonyl (C=O) groups excluding carboxylic acids is 3. The molecule has 0 aromatic rings. The fourth-order valence-electron chi connectivity index (χ4n) is 3.20. The minimum Gasteiger partial charge on any atom is -0.443 e. The Morgan fingerprint density at radius 3 is 2.32 bits per heavy atom.